The zero-order valence-electron chi connectivity index (χ0n) is 20.7. The van der Waals surface area contributed by atoms with E-state index in [9.17, 15) is 24.3 Å². The minimum Gasteiger partial charge on any atom is -0.480 e. The molecule has 0 bridgehead atoms. The van der Waals surface area contributed by atoms with Gasteiger partial charge in [-0.25, -0.2) is 0 Å². The van der Waals surface area contributed by atoms with Crippen LogP contribution in [-0.2, 0) is 21.1 Å². The monoisotopic (exact) mass is 515 g/mol. The summed E-state index contributed by atoms with van der Waals surface area (Å²) < 4.78 is 13.3. The predicted octanol–water partition coefficient (Wildman–Crippen LogP) is 5.63. The highest BCUT2D eigenvalue weighted by atomic mass is 31.2. The summed E-state index contributed by atoms with van der Waals surface area (Å²) >= 11 is 0. The van der Waals surface area contributed by atoms with Crippen LogP contribution >= 0.6 is 7.60 Å². The highest BCUT2D eigenvalue weighted by molar-refractivity contribution is 7.53. The van der Waals surface area contributed by atoms with Gasteiger partial charge in [0.1, 0.15) is 6.04 Å². The van der Waals surface area contributed by atoms with Crippen molar-refractivity contribution in [3.8, 4) is 11.1 Å². The van der Waals surface area contributed by atoms with Gasteiger partial charge in [-0.1, -0.05) is 114 Å². The fourth-order valence-electron chi connectivity index (χ4n) is 4.65. The van der Waals surface area contributed by atoms with E-state index in [1.165, 1.54) is 0 Å². The van der Waals surface area contributed by atoms with Crippen LogP contribution in [-0.4, -0.2) is 26.9 Å². The molecule has 0 aliphatic rings. The molecule has 0 saturated heterocycles. The number of aliphatic carboxylic acids is 1. The third-order valence-corrected chi connectivity index (χ3v) is 8.01. The molecule has 0 heterocycles. The van der Waals surface area contributed by atoms with Crippen molar-refractivity contribution in [1.82, 2.24) is 5.32 Å². The van der Waals surface area contributed by atoms with Crippen LogP contribution in [0.5, 0.6) is 0 Å². The molecular weight excluding hydrogens is 485 g/mol. The van der Waals surface area contributed by atoms with Gasteiger partial charge in [0.15, 0.2) is 5.28 Å². The molecule has 0 aliphatic carbocycles. The van der Waals surface area contributed by atoms with Gasteiger partial charge < -0.3 is 14.9 Å². The smallest absolute Gasteiger partial charge is 0.354 e. The number of hydrogen-bond donors (Lipinski definition) is 4. The van der Waals surface area contributed by atoms with Crippen LogP contribution in [0.2, 0.25) is 0 Å². The molecule has 4 rings (SSSR count). The van der Waals surface area contributed by atoms with E-state index >= 15 is 0 Å². The number of nitrogens with one attached hydrogen (secondary N) is 1. The van der Waals surface area contributed by atoms with Gasteiger partial charge in [0, 0.05) is 0 Å². The van der Waals surface area contributed by atoms with E-state index < -0.39 is 24.9 Å². The van der Waals surface area contributed by atoms with E-state index in [1.807, 2.05) is 80.6 Å². The van der Waals surface area contributed by atoms with Crippen molar-refractivity contribution in [2.45, 2.75) is 31.6 Å². The highest BCUT2D eigenvalue weighted by Crippen LogP contribution is 2.59. The van der Waals surface area contributed by atoms with Crippen LogP contribution in [0.1, 0.15) is 27.8 Å². The molecule has 7 heteroatoms. The minimum absolute atomic E-state index is 0.0315. The van der Waals surface area contributed by atoms with Crippen molar-refractivity contribution in [3.63, 3.8) is 0 Å². The van der Waals surface area contributed by atoms with Gasteiger partial charge in [0.2, 0.25) is 0 Å². The Morgan fingerprint density at radius 2 is 1.30 bits per heavy atom. The Balaban J connectivity index is 1.78. The van der Waals surface area contributed by atoms with E-state index in [0.717, 1.165) is 27.8 Å². The lowest BCUT2D eigenvalue weighted by molar-refractivity contribution is -0.139. The Bertz CT molecular complexity index is 1380. The zero-order chi connectivity index (χ0) is 26.6. The molecule has 0 radical (unpaired) electrons. The van der Waals surface area contributed by atoms with E-state index in [2.05, 4.69) is 5.32 Å². The molecule has 0 aromatic heterocycles. The highest BCUT2D eigenvalue weighted by Gasteiger charge is 2.52. The third kappa shape index (κ3) is 5.74. The van der Waals surface area contributed by atoms with Crippen LogP contribution in [0, 0.1) is 13.8 Å². The molecule has 0 unspecified atom stereocenters. The Kier molecular flexibility index (Phi) is 7.76. The van der Waals surface area contributed by atoms with Gasteiger partial charge >= 0.3 is 13.6 Å². The number of benzene rings is 4. The molecule has 4 aromatic rings. The van der Waals surface area contributed by atoms with Gasteiger partial charge in [-0.3, -0.25) is 14.7 Å². The summed E-state index contributed by atoms with van der Waals surface area (Å²) in [6, 6.07) is 29.8. The van der Waals surface area contributed by atoms with Crippen molar-refractivity contribution in [2.75, 3.05) is 0 Å². The van der Waals surface area contributed by atoms with Crippen LogP contribution in [0.15, 0.2) is 103 Å². The molecule has 0 fully saturated rings. The average molecular weight is 516 g/mol. The summed E-state index contributed by atoms with van der Waals surface area (Å²) in [5.41, 5.74) is 4.97. The first-order chi connectivity index (χ1) is 17.6. The van der Waals surface area contributed by atoms with Gasteiger partial charge in [0.25, 0.3) is 0 Å². The maximum absolute atomic E-state index is 13.3. The summed E-state index contributed by atoms with van der Waals surface area (Å²) in [7, 11) is -5.01. The normalized spacial score (nSPS) is 12.8. The summed E-state index contributed by atoms with van der Waals surface area (Å²) in [5.74, 6) is -1.20. The largest absolute Gasteiger partial charge is 0.480 e. The van der Waals surface area contributed by atoms with Crippen LogP contribution in [0.25, 0.3) is 11.1 Å². The molecule has 0 amide bonds. The lowest BCUT2D eigenvalue weighted by Crippen LogP contribution is -2.52. The van der Waals surface area contributed by atoms with E-state index in [1.54, 1.807) is 36.4 Å². The van der Waals surface area contributed by atoms with E-state index in [4.69, 9.17) is 0 Å². The molecule has 1 atom stereocenters. The van der Waals surface area contributed by atoms with Crippen LogP contribution in [0.4, 0.5) is 0 Å². The van der Waals surface area contributed by atoms with Gasteiger partial charge in [-0.15, -0.1) is 0 Å². The second-order valence-electron chi connectivity index (χ2n) is 9.30. The molecule has 4 aromatic carbocycles. The lowest BCUT2D eigenvalue weighted by atomic mass is 9.93. The minimum atomic E-state index is -5.01. The van der Waals surface area contributed by atoms with Crippen molar-refractivity contribution < 1.29 is 24.3 Å². The Morgan fingerprint density at radius 3 is 1.76 bits per heavy atom. The summed E-state index contributed by atoms with van der Waals surface area (Å²) in [4.78, 5) is 34.1. The molecular formula is C30H30NO5P. The first-order valence-corrected chi connectivity index (χ1v) is 13.6. The molecule has 0 saturated carbocycles. The predicted molar refractivity (Wildman–Crippen MR) is 145 cm³/mol. The number of carbonyl (C=O) groups is 1. The van der Waals surface area contributed by atoms with E-state index in [0.29, 0.717) is 11.1 Å². The fourth-order valence-corrected chi connectivity index (χ4v) is 5.92. The number of hydrogen-bond acceptors (Lipinski definition) is 3. The lowest BCUT2D eigenvalue weighted by Gasteiger charge is -2.39. The Morgan fingerprint density at radius 1 is 0.784 bits per heavy atom. The second-order valence-corrected chi connectivity index (χ2v) is 11.1. The van der Waals surface area contributed by atoms with Crippen LogP contribution in [0.3, 0.4) is 0 Å². The Hall–Kier alpha value is -3.54. The molecule has 4 N–H and O–H groups in total. The standard InChI is InChI=1S/C30H30NO5P/c1-21-8-6-12-26(18-21)30(37(34,35)36,27-13-7-9-22(2)19-27)31-28(29(32)33)20-23-14-16-25(17-15-23)24-10-4-3-5-11-24/h3-19,28,31H,20H2,1-2H3,(H,32,33)(H2,34,35,36)/t28-/m0/s1. The van der Waals surface area contributed by atoms with Crippen molar-refractivity contribution in [2.24, 2.45) is 0 Å². The van der Waals surface area contributed by atoms with E-state index in [-0.39, 0.29) is 6.42 Å². The molecule has 0 aliphatic heterocycles. The quantitative estimate of drug-likeness (QED) is 0.215. The van der Waals surface area contributed by atoms with Crippen molar-refractivity contribution in [1.29, 1.82) is 0 Å². The summed E-state index contributed by atoms with van der Waals surface area (Å²) in [6.45, 7) is 3.65. The van der Waals surface area contributed by atoms with Crippen molar-refractivity contribution >= 4 is 13.6 Å². The average Bonchev–Trinajstić information content (AvgIpc) is 2.86. The fraction of sp³-hybridized carbons (Fsp3) is 0.167. The second kappa shape index (κ2) is 10.8. The zero-order valence-corrected chi connectivity index (χ0v) is 21.6. The molecule has 6 nitrogen and oxygen atoms in total. The SMILES string of the molecule is Cc1cccc(C(N[C@@H](Cc2ccc(-c3ccccc3)cc2)C(=O)O)(c2cccc(C)c2)P(=O)(O)O)c1. The van der Waals surface area contributed by atoms with Gasteiger partial charge in [-0.05, 0) is 48.1 Å². The Labute approximate surface area is 216 Å². The third-order valence-electron chi connectivity index (χ3n) is 6.49. The molecule has 190 valence electrons. The first kappa shape index (κ1) is 26.5. The number of rotatable bonds is 9. The van der Waals surface area contributed by atoms with Crippen molar-refractivity contribution in [3.05, 3.63) is 131 Å². The first-order valence-electron chi connectivity index (χ1n) is 11.9. The van der Waals surface area contributed by atoms with Gasteiger partial charge in [0.05, 0.1) is 0 Å². The number of carboxylic acid groups (broad SMARTS) is 1. The number of aryl methyl sites for hydroxylation is 2. The number of carboxylic acids is 1. The molecule has 0 spiro atoms. The molecule has 37 heavy (non-hydrogen) atoms. The topological polar surface area (TPSA) is 107 Å². The summed E-state index contributed by atoms with van der Waals surface area (Å²) in [5, 5.41) is 11.1. The van der Waals surface area contributed by atoms with Gasteiger partial charge in [-0.2, -0.15) is 0 Å². The maximum Gasteiger partial charge on any atom is 0.354 e. The summed E-state index contributed by atoms with van der Waals surface area (Å²) in [6.07, 6.45) is 0.0315. The maximum atomic E-state index is 13.3. The van der Waals surface area contributed by atoms with Crippen LogP contribution < -0.4 is 5.32 Å².